The molecule has 0 fully saturated rings. The van der Waals surface area contributed by atoms with E-state index in [9.17, 15) is 9.59 Å². The monoisotopic (exact) mass is 381 g/mol. The van der Waals surface area contributed by atoms with Crippen molar-refractivity contribution in [2.75, 3.05) is 12.0 Å². The second kappa shape index (κ2) is 7.41. The zero-order chi connectivity index (χ0) is 19.7. The fourth-order valence-corrected chi connectivity index (χ4v) is 3.51. The molecule has 138 valence electrons. The van der Waals surface area contributed by atoms with Gasteiger partial charge in [-0.15, -0.1) is 0 Å². The molecule has 2 aromatic carbocycles. The highest BCUT2D eigenvalue weighted by molar-refractivity contribution is 6.32. The quantitative estimate of drug-likeness (QED) is 0.565. The molecule has 3 rings (SSSR count). The first-order valence-electron chi connectivity index (χ1n) is 8.52. The number of rotatable bonds is 3. The summed E-state index contributed by atoms with van der Waals surface area (Å²) in [5, 5.41) is 0.504. The number of carbonyl (C=O) groups excluding carboxylic acids is 2. The molecule has 1 aliphatic rings. The second-order valence-electron chi connectivity index (χ2n) is 6.52. The molecule has 0 unspecified atom stereocenters. The van der Waals surface area contributed by atoms with Gasteiger partial charge in [-0.25, -0.2) is 4.79 Å². The smallest absolute Gasteiger partial charge is 0.340 e. The number of aryl methyl sites for hydroxylation is 2. The molecule has 0 radical (unpaired) electrons. The first kappa shape index (κ1) is 18.9. The van der Waals surface area contributed by atoms with E-state index in [0.29, 0.717) is 16.3 Å². The Morgan fingerprint density at radius 3 is 2.30 bits per heavy atom. The van der Waals surface area contributed by atoms with E-state index in [-0.39, 0.29) is 17.1 Å². The summed E-state index contributed by atoms with van der Waals surface area (Å²) in [5.74, 6) is -0.830. The molecular weight excluding hydrogens is 362 g/mol. The summed E-state index contributed by atoms with van der Waals surface area (Å²) < 4.78 is 4.93. The summed E-state index contributed by atoms with van der Waals surface area (Å²) in [5.41, 5.74) is 4.52. The molecule has 1 heterocycles. The molecule has 2 aromatic rings. The Balaban J connectivity index is 2.19. The van der Waals surface area contributed by atoms with Crippen molar-refractivity contribution in [3.63, 3.8) is 0 Å². The number of allylic oxidation sites excluding steroid dienone is 1. The molecular formula is C22H20ClNO3. The van der Waals surface area contributed by atoms with Crippen molar-refractivity contribution in [1.82, 2.24) is 0 Å². The normalized spacial score (nSPS) is 15.7. The minimum atomic E-state index is -0.550. The van der Waals surface area contributed by atoms with Crippen LogP contribution in [0.4, 0.5) is 5.69 Å². The average Bonchev–Trinajstić information content (AvgIpc) is 2.85. The molecule has 0 saturated heterocycles. The number of ether oxygens (including phenoxy) is 1. The van der Waals surface area contributed by atoms with Crippen LogP contribution in [-0.2, 0) is 14.3 Å². The maximum Gasteiger partial charge on any atom is 0.340 e. The van der Waals surface area contributed by atoms with E-state index < -0.39 is 5.97 Å². The van der Waals surface area contributed by atoms with Crippen molar-refractivity contribution in [2.45, 2.75) is 20.8 Å². The third-order valence-corrected chi connectivity index (χ3v) is 4.80. The van der Waals surface area contributed by atoms with Gasteiger partial charge in [0.2, 0.25) is 0 Å². The van der Waals surface area contributed by atoms with Crippen LogP contribution >= 0.6 is 11.6 Å². The third-order valence-electron chi connectivity index (χ3n) is 4.46. The molecule has 5 heteroatoms. The second-order valence-corrected chi connectivity index (χ2v) is 6.93. The molecule has 0 atom stereocenters. The van der Waals surface area contributed by atoms with Crippen LogP contribution in [0, 0.1) is 13.8 Å². The van der Waals surface area contributed by atoms with E-state index in [2.05, 4.69) is 0 Å². The number of hydrogen-bond donors (Lipinski definition) is 0. The number of benzene rings is 2. The first-order chi connectivity index (χ1) is 12.8. The van der Waals surface area contributed by atoms with Gasteiger partial charge in [0, 0.05) is 16.4 Å². The summed E-state index contributed by atoms with van der Waals surface area (Å²) >= 11 is 6.24. The Bertz CT molecular complexity index is 984. The van der Waals surface area contributed by atoms with Gasteiger partial charge in [0.05, 0.1) is 18.3 Å². The number of amides is 1. The van der Waals surface area contributed by atoms with Crippen molar-refractivity contribution in [3.05, 3.63) is 81.0 Å². The summed E-state index contributed by atoms with van der Waals surface area (Å²) in [7, 11) is 1.31. The number of halogens is 1. The fraction of sp³-hybridized carbons (Fsp3) is 0.182. The van der Waals surface area contributed by atoms with Crippen LogP contribution in [0.25, 0.3) is 6.08 Å². The molecule has 4 nitrogen and oxygen atoms in total. The number of carbonyl (C=O) groups is 2. The van der Waals surface area contributed by atoms with Gasteiger partial charge in [0.1, 0.15) is 0 Å². The van der Waals surface area contributed by atoms with Crippen molar-refractivity contribution < 1.29 is 14.3 Å². The fourth-order valence-electron chi connectivity index (χ4n) is 3.32. The Hall–Kier alpha value is -2.85. The molecule has 1 amide bonds. The third kappa shape index (κ3) is 3.53. The molecule has 1 aliphatic heterocycles. The number of esters is 1. The zero-order valence-corrected chi connectivity index (χ0v) is 16.4. The minimum absolute atomic E-state index is 0.251. The van der Waals surface area contributed by atoms with Crippen molar-refractivity contribution in [2.24, 2.45) is 0 Å². The van der Waals surface area contributed by atoms with Crippen LogP contribution in [-0.4, -0.2) is 19.0 Å². The lowest BCUT2D eigenvalue weighted by Gasteiger charge is -2.19. The Morgan fingerprint density at radius 1 is 1.07 bits per heavy atom. The van der Waals surface area contributed by atoms with Gasteiger partial charge in [-0.2, -0.15) is 0 Å². The van der Waals surface area contributed by atoms with Gasteiger partial charge < -0.3 is 4.74 Å². The molecule has 0 N–H and O–H groups in total. The molecule has 0 spiro atoms. The zero-order valence-electron chi connectivity index (χ0n) is 15.7. The predicted molar refractivity (Wildman–Crippen MR) is 108 cm³/mol. The highest BCUT2D eigenvalue weighted by Crippen LogP contribution is 2.36. The topological polar surface area (TPSA) is 46.6 Å². The minimum Gasteiger partial charge on any atom is -0.465 e. The largest absolute Gasteiger partial charge is 0.465 e. The lowest BCUT2D eigenvalue weighted by atomic mass is 10.0. The first-order valence-corrected chi connectivity index (χ1v) is 8.90. The van der Waals surface area contributed by atoms with E-state index in [1.165, 1.54) is 7.11 Å². The lowest BCUT2D eigenvalue weighted by molar-refractivity contribution is -0.136. The standard InChI is InChI=1S/C22H20ClNO3/c1-13-9-14(2)11-17(10-13)24-15(3)20(22(26)27-4)18(21(24)25)12-16-7-5-6-8-19(16)23/h5-12H,1-4H3/b18-12-. The number of anilines is 1. The molecule has 0 saturated carbocycles. The summed E-state index contributed by atoms with van der Waals surface area (Å²) in [6.45, 7) is 5.69. The van der Waals surface area contributed by atoms with Gasteiger partial charge in [-0.05, 0) is 61.7 Å². The molecule has 0 bridgehead atoms. The lowest BCUT2D eigenvalue weighted by Crippen LogP contribution is -2.24. The summed E-state index contributed by atoms with van der Waals surface area (Å²) in [6, 6.07) is 13.0. The van der Waals surface area contributed by atoms with E-state index >= 15 is 0 Å². The number of methoxy groups -OCH3 is 1. The highest BCUT2D eigenvalue weighted by atomic mass is 35.5. The van der Waals surface area contributed by atoms with Gasteiger partial charge in [-0.3, -0.25) is 9.69 Å². The Labute approximate surface area is 163 Å². The van der Waals surface area contributed by atoms with Crippen LogP contribution in [0.3, 0.4) is 0 Å². The van der Waals surface area contributed by atoms with E-state index in [0.717, 1.165) is 16.8 Å². The predicted octanol–water partition coefficient (Wildman–Crippen LogP) is 4.83. The van der Waals surface area contributed by atoms with E-state index in [4.69, 9.17) is 16.3 Å². The molecule has 27 heavy (non-hydrogen) atoms. The number of nitrogens with zero attached hydrogens (tertiary/aromatic N) is 1. The van der Waals surface area contributed by atoms with Gasteiger partial charge in [0.25, 0.3) is 5.91 Å². The van der Waals surface area contributed by atoms with Crippen LogP contribution in [0.15, 0.2) is 59.3 Å². The Kier molecular flexibility index (Phi) is 5.19. The Morgan fingerprint density at radius 2 is 1.70 bits per heavy atom. The maximum absolute atomic E-state index is 13.3. The van der Waals surface area contributed by atoms with E-state index in [1.54, 1.807) is 30.0 Å². The molecule has 0 aromatic heterocycles. The van der Waals surface area contributed by atoms with Crippen molar-refractivity contribution in [3.8, 4) is 0 Å². The maximum atomic E-state index is 13.3. The summed E-state index contributed by atoms with van der Waals surface area (Å²) in [4.78, 5) is 27.2. The van der Waals surface area contributed by atoms with Crippen LogP contribution < -0.4 is 4.90 Å². The van der Waals surface area contributed by atoms with Crippen LogP contribution in [0.1, 0.15) is 23.6 Å². The van der Waals surface area contributed by atoms with Crippen LogP contribution in [0.2, 0.25) is 5.02 Å². The SMILES string of the molecule is COC(=O)C1=C(C)N(c2cc(C)cc(C)c2)C(=O)/C1=C\c1ccccc1Cl. The molecule has 0 aliphatic carbocycles. The van der Waals surface area contributed by atoms with Gasteiger partial charge >= 0.3 is 5.97 Å². The van der Waals surface area contributed by atoms with E-state index in [1.807, 2.05) is 44.2 Å². The van der Waals surface area contributed by atoms with Crippen molar-refractivity contribution >= 4 is 35.2 Å². The average molecular weight is 382 g/mol. The van der Waals surface area contributed by atoms with Crippen LogP contribution in [0.5, 0.6) is 0 Å². The van der Waals surface area contributed by atoms with Gasteiger partial charge in [-0.1, -0.05) is 35.9 Å². The number of hydrogen-bond acceptors (Lipinski definition) is 3. The van der Waals surface area contributed by atoms with Crippen molar-refractivity contribution in [1.29, 1.82) is 0 Å². The summed E-state index contributed by atoms with van der Waals surface area (Å²) in [6.07, 6.45) is 1.64. The highest BCUT2D eigenvalue weighted by Gasteiger charge is 2.38. The van der Waals surface area contributed by atoms with Gasteiger partial charge in [0.15, 0.2) is 0 Å².